The van der Waals surface area contributed by atoms with Crippen LogP contribution >= 0.6 is 0 Å². The van der Waals surface area contributed by atoms with Gasteiger partial charge in [0.1, 0.15) is 11.2 Å². The van der Waals surface area contributed by atoms with Gasteiger partial charge >= 0.3 is 0 Å². The van der Waals surface area contributed by atoms with Crippen LogP contribution in [0.4, 0.5) is 0 Å². The molecular formula is C22H23N3O3. The van der Waals surface area contributed by atoms with E-state index in [1.54, 1.807) is 22.9 Å². The highest BCUT2D eigenvalue weighted by Crippen LogP contribution is 2.14. The standard InChI is InChI=1S/C22H23N3O3/c1-15-6-8-16(9-7-15)14-25-20-17(4-2-10-23-20)12-19(22(25)27)21(26)24-13-18-5-3-11-28-18/h2,4,6-10,12,18H,3,5,11,13-14H2,1H3,(H,24,26)/t18-/m0/s1. The van der Waals surface area contributed by atoms with Crippen LogP contribution in [0.5, 0.6) is 0 Å². The Morgan fingerprint density at radius 2 is 2.11 bits per heavy atom. The van der Waals surface area contributed by atoms with Crippen LogP contribution in [0.15, 0.2) is 53.5 Å². The molecule has 1 aliphatic heterocycles. The van der Waals surface area contributed by atoms with Crippen molar-refractivity contribution >= 4 is 16.9 Å². The number of fused-ring (bicyclic) bond motifs is 1. The van der Waals surface area contributed by atoms with Gasteiger partial charge in [0, 0.05) is 24.7 Å². The number of amides is 1. The Balaban J connectivity index is 1.69. The van der Waals surface area contributed by atoms with Crippen LogP contribution in [-0.4, -0.2) is 34.7 Å². The Bertz CT molecular complexity index is 1050. The van der Waals surface area contributed by atoms with Gasteiger partial charge < -0.3 is 10.1 Å². The van der Waals surface area contributed by atoms with E-state index in [1.807, 2.05) is 37.3 Å². The normalized spacial score (nSPS) is 16.4. The van der Waals surface area contributed by atoms with Gasteiger partial charge in [-0.1, -0.05) is 29.8 Å². The number of pyridine rings is 2. The summed E-state index contributed by atoms with van der Waals surface area (Å²) in [6.45, 7) is 3.53. The minimum atomic E-state index is -0.371. The topological polar surface area (TPSA) is 73.2 Å². The monoisotopic (exact) mass is 377 g/mol. The molecule has 1 atom stereocenters. The molecule has 0 bridgehead atoms. The lowest BCUT2D eigenvalue weighted by Gasteiger charge is -2.14. The lowest BCUT2D eigenvalue weighted by atomic mass is 10.1. The van der Waals surface area contributed by atoms with Crippen LogP contribution in [0.1, 0.15) is 34.3 Å². The molecule has 28 heavy (non-hydrogen) atoms. The van der Waals surface area contributed by atoms with Crippen molar-refractivity contribution < 1.29 is 9.53 Å². The number of carbonyl (C=O) groups is 1. The lowest BCUT2D eigenvalue weighted by Crippen LogP contribution is -2.37. The van der Waals surface area contributed by atoms with Crippen molar-refractivity contribution in [1.82, 2.24) is 14.9 Å². The summed E-state index contributed by atoms with van der Waals surface area (Å²) in [5.41, 5.74) is 2.50. The van der Waals surface area contributed by atoms with Crippen molar-refractivity contribution in [3.8, 4) is 0 Å². The second kappa shape index (κ2) is 7.94. The van der Waals surface area contributed by atoms with Crippen LogP contribution in [0.3, 0.4) is 0 Å². The van der Waals surface area contributed by atoms with Crippen LogP contribution in [0.2, 0.25) is 0 Å². The molecule has 1 amide bonds. The first-order valence-corrected chi connectivity index (χ1v) is 9.56. The van der Waals surface area contributed by atoms with Crippen molar-refractivity contribution in [2.75, 3.05) is 13.2 Å². The van der Waals surface area contributed by atoms with Gasteiger partial charge in [-0.3, -0.25) is 14.2 Å². The first-order chi connectivity index (χ1) is 13.6. The molecule has 1 N–H and O–H groups in total. The average Bonchev–Trinajstić information content (AvgIpc) is 3.23. The van der Waals surface area contributed by atoms with E-state index in [0.717, 1.165) is 36.0 Å². The molecule has 3 aromatic rings. The molecule has 2 aromatic heterocycles. The number of nitrogens with one attached hydrogen (secondary N) is 1. The number of benzene rings is 1. The van der Waals surface area contributed by atoms with E-state index in [1.165, 1.54) is 0 Å². The molecule has 1 saturated heterocycles. The largest absolute Gasteiger partial charge is 0.376 e. The maximum absolute atomic E-state index is 13.1. The van der Waals surface area contributed by atoms with E-state index < -0.39 is 0 Å². The summed E-state index contributed by atoms with van der Waals surface area (Å²) in [6, 6.07) is 13.3. The molecule has 6 heteroatoms. The molecule has 6 nitrogen and oxygen atoms in total. The molecule has 144 valence electrons. The summed E-state index contributed by atoms with van der Waals surface area (Å²) in [7, 11) is 0. The van der Waals surface area contributed by atoms with Gasteiger partial charge in [0.2, 0.25) is 0 Å². The summed E-state index contributed by atoms with van der Waals surface area (Å²) in [6.07, 6.45) is 3.62. The first-order valence-electron chi connectivity index (χ1n) is 9.56. The smallest absolute Gasteiger partial charge is 0.265 e. The van der Waals surface area contributed by atoms with Crippen LogP contribution < -0.4 is 10.9 Å². The van der Waals surface area contributed by atoms with Gasteiger partial charge in [-0.25, -0.2) is 4.98 Å². The Morgan fingerprint density at radius 1 is 1.29 bits per heavy atom. The lowest BCUT2D eigenvalue weighted by molar-refractivity contribution is 0.0856. The second-order valence-electron chi connectivity index (χ2n) is 7.20. The van der Waals surface area contributed by atoms with Crippen LogP contribution in [-0.2, 0) is 11.3 Å². The molecule has 0 saturated carbocycles. The Hall–Kier alpha value is -2.99. The summed E-state index contributed by atoms with van der Waals surface area (Å²) in [4.78, 5) is 30.2. The molecule has 0 spiro atoms. The maximum atomic E-state index is 13.1. The first kappa shape index (κ1) is 18.4. The summed E-state index contributed by atoms with van der Waals surface area (Å²) in [5.74, 6) is -0.371. The minimum Gasteiger partial charge on any atom is -0.376 e. The van der Waals surface area contributed by atoms with Crippen molar-refractivity contribution in [3.05, 3.63) is 75.7 Å². The van der Waals surface area contributed by atoms with Crippen molar-refractivity contribution in [2.45, 2.75) is 32.4 Å². The van der Waals surface area contributed by atoms with Crippen LogP contribution in [0, 0.1) is 6.92 Å². The van der Waals surface area contributed by atoms with Crippen molar-refractivity contribution in [3.63, 3.8) is 0 Å². The molecular weight excluding hydrogens is 354 g/mol. The zero-order valence-corrected chi connectivity index (χ0v) is 15.9. The van der Waals surface area contributed by atoms with Crippen molar-refractivity contribution in [1.29, 1.82) is 0 Å². The number of ether oxygens (including phenoxy) is 1. The fraction of sp³-hybridized carbons (Fsp3) is 0.318. The highest BCUT2D eigenvalue weighted by Gasteiger charge is 2.20. The Kier molecular flexibility index (Phi) is 5.21. The summed E-state index contributed by atoms with van der Waals surface area (Å²) < 4.78 is 7.11. The number of aromatic nitrogens is 2. The van der Waals surface area contributed by atoms with Gasteiger partial charge in [0.05, 0.1) is 12.6 Å². The third kappa shape index (κ3) is 3.82. The predicted octanol–water partition coefficient (Wildman–Crippen LogP) is 2.66. The number of hydrogen-bond acceptors (Lipinski definition) is 4. The van der Waals surface area contributed by atoms with E-state index in [9.17, 15) is 9.59 Å². The van der Waals surface area contributed by atoms with E-state index >= 15 is 0 Å². The molecule has 0 radical (unpaired) electrons. The van der Waals surface area contributed by atoms with Gasteiger partial charge in [-0.15, -0.1) is 0 Å². The van der Waals surface area contributed by atoms with Crippen molar-refractivity contribution in [2.24, 2.45) is 0 Å². The fourth-order valence-electron chi connectivity index (χ4n) is 3.50. The van der Waals surface area contributed by atoms with E-state index in [4.69, 9.17) is 4.74 Å². The molecule has 3 heterocycles. The summed E-state index contributed by atoms with van der Waals surface area (Å²) in [5, 5.41) is 3.61. The third-order valence-corrected chi connectivity index (χ3v) is 5.07. The molecule has 1 aliphatic rings. The molecule has 1 aromatic carbocycles. The van der Waals surface area contributed by atoms with Gasteiger partial charge in [0.15, 0.2) is 0 Å². The number of aryl methyl sites for hydroxylation is 1. The Morgan fingerprint density at radius 3 is 2.86 bits per heavy atom. The number of nitrogens with zero attached hydrogens (tertiary/aromatic N) is 2. The van der Waals surface area contributed by atoms with E-state index in [0.29, 0.717) is 18.7 Å². The summed E-state index contributed by atoms with van der Waals surface area (Å²) >= 11 is 0. The highest BCUT2D eigenvalue weighted by atomic mass is 16.5. The minimum absolute atomic E-state index is 0.0286. The molecule has 4 rings (SSSR count). The molecule has 1 fully saturated rings. The maximum Gasteiger partial charge on any atom is 0.265 e. The SMILES string of the molecule is Cc1ccc(Cn2c(=O)c(C(=O)NC[C@@H]3CCCO3)cc3cccnc32)cc1. The van der Waals surface area contributed by atoms with Gasteiger partial charge in [-0.2, -0.15) is 0 Å². The predicted molar refractivity (Wildman–Crippen MR) is 108 cm³/mol. The van der Waals surface area contributed by atoms with Crippen LogP contribution in [0.25, 0.3) is 11.0 Å². The van der Waals surface area contributed by atoms with E-state index in [2.05, 4.69) is 10.3 Å². The number of rotatable bonds is 5. The molecule has 0 aliphatic carbocycles. The highest BCUT2D eigenvalue weighted by molar-refractivity contribution is 5.96. The number of hydrogen-bond donors (Lipinski definition) is 1. The van der Waals surface area contributed by atoms with E-state index in [-0.39, 0.29) is 23.1 Å². The quantitative estimate of drug-likeness (QED) is 0.742. The van der Waals surface area contributed by atoms with Gasteiger partial charge in [-0.05, 0) is 43.5 Å². The van der Waals surface area contributed by atoms with Gasteiger partial charge in [0.25, 0.3) is 11.5 Å². The molecule has 0 unspecified atom stereocenters. The zero-order chi connectivity index (χ0) is 19.5. The third-order valence-electron chi connectivity index (χ3n) is 5.07. The zero-order valence-electron chi connectivity index (χ0n) is 15.9. The number of carbonyl (C=O) groups excluding carboxylic acids is 1. The Labute approximate surface area is 163 Å². The fourth-order valence-corrected chi connectivity index (χ4v) is 3.50. The second-order valence-corrected chi connectivity index (χ2v) is 7.20. The average molecular weight is 377 g/mol.